The van der Waals surface area contributed by atoms with E-state index in [-0.39, 0.29) is 18.1 Å². The van der Waals surface area contributed by atoms with Gasteiger partial charge in [-0.25, -0.2) is 9.82 Å². The Bertz CT molecular complexity index is 776. The van der Waals surface area contributed by atoms with Gasteiger partial charge >= 0.3 is 0 Å². The molecule has 0 aliphatic carbocycles. The second-order valence-electron chi connectivity index (χ2n) is 5.03. The molecule has 2 amide bonds. The van der Waals surface area contributed by atoms with E-state index in [1.165, 1.54) is 30.3 Å². The lowest BCUT2D eigenvalue weighted by Crippen LogP contribution is -2.21. The molecule has 0 unspecified atom stereocenters. The molecular formula is C17H15ClFN3O2. The molecule has 7 heteroatoms. The van der Waals surface area contributed by atoms with E-state index in [1.807, 2.05) is 0 Å². The Morgan fingerprint density at radius 3 is 2.54 bits per heavy atom. The minimum absolute atomic E-state index is 0.00674. The SMILES string of the molecule is C/C(CC(=O)Nc1ccc(F)cc1)=N/NC(=O)c1cccc(Cl)c1. The monoisotopic (exact) mass is 347 g/mol. The van der Waals surface area contributed by atoms with Crippen molar-refractivity contribution in [1.82, 2.24) is 5.43 Å². The van der Waals surface area contributed by atoms with Gasteiger partial charge in [0, 0.05) is 22.0 Å². The van der Waals surface area contributed by atoms with E-state index in [9.17, 15) is 14.0 Å². The number of nitrogens with one attached hydrogen (secondary N) is 2. The number of carbonyl (C=O) groups is 2. The highest BCUT2D eigenvalue weighted by Gasteiger charge is 2.07. The highest BCUT2D eigenvalue weighted by atomic mass is 35.5. The first-order valence-corrected chi connectivity index (χ1v) is 7.46. The molecule has 2 aromatic carbocycles. The van der Waals surface area contributed by atoms with Crippen LogP contribution in [0.25, 0.3) is 0 Å². The summed E-state index contributed by atoms with van der Waals surface area (Å²) in [4.78, 5) is 23.7. The molecule has 0 saturated carbocycles. The van der Waals surface area contributed by atoms with E-state index in [4.69, 9.17) is 11.6 Å². The van der Waals surface area contributed by atoms with E-state index in [1.54, 1.807) is 25.1 Å². The molecular weight excluding hydrogens is 333 g/mol. The minimum Gasteiger partial charge on any atom is -0.326 e. The molecule has 2 aromatic rings. The molecule has 0 heterocycles. The first kappa shape index (κ1) is 17.6. The van der Waals surface area contributed by atoms with E-state index in [2.05, 4.69) is 15.8 Å². The van der Waals surface area contributed by atoms with Gasteiger partial charge in [-0.15, -0.1) is 0 Å². The highest BCUT2D eigenvalue weighted by Crippen LogP contribution is 2.11. The van der Waals surface area contributed by atoms with Crippen molar-refractivity contribution in [2.24, 2.45) is 5.10 Å². The smallest absolute Gasteiger partial charge is 0.271 e. The zero-order valence-corrected chi connectivity index (χ0v) is 13.6. The third-order valence-corrected chi connectivity index (χ3v) is 3.21. The molecule has 0 aromatic heterocycles. The molecule has 0 atom stereocenters. The number of rotatable bonds is 5. The first-order valence-electron chi connectivity index (χ1n) is 7.08. The van der Waals surface area contributed by atoms with Gasteiger partial charge in [0.15, 0.2) is 0 Å². The van der Waals surface area contributed by atoms with Crippen LogP contribution in [-0.2, 0) is 4.79 Å². The fourth-order valence-corrected chi connectivity index (χ4v) is 2.04. The van der Waals surface area contributed by atoms with Crippen LogP contribution in [0.15, 0.2) is 53.6 Å². The zero-order valence-electron chi connectivity index (χ0n) is 12.8. The number of nitrogens with zero attached hydrogens (tertiary/aromatic N) is 1. The van der Waals surface area contributed by atoms with Gasteiger partial charge in [-0.05, 0) is 49.4 Å². The Kier molecular flexibility index (Phi) is 6.03. The zero-order chi connectivity index (χ0) is 17.5. The number of amides is 2. The van der Waals surface area contributed by atoms with Crippen molar-refractivity contribution in [3.8, 4) is 0 Å². The van der Waals surface area contributed by atoms with E-state index < -0.39 is 5.91 Å². The maximum atomic E-state index is 12.8. The lowest BCUT2D eigenvalue weighted by Gasteiger charge is -2.05. The van der Waals surface area contributed by atoms with Crippen molar-refractivity contribution in [2.75, 3.05) is 5.32 Å². The number of hydrazone groups is 1. The summed E-state index contributed by atoms with van der Waals surface area (Å²) in [5, 5.41) is 6.94. The summed E-state index contributed by atoms with van der Waals surface area (Å²) in [6, 6.07) is 11.9. The Labute approximate surface area is 143 Å². The largest absolute Gasteiger partial charge is 0.326 e. The molecule has 124 valence electrons. The lowest BCUT2D eigenvalue weighted by molar-refractivity contribution is -0.115. The number of hydrogen-bond donors (Lipinski definition) is 2. The van der Waals surface area contributed by atoms with Crippen LogP contribution in [0.5, 0.6) is 0 Å². The Morgan fingerprint density at radius 1 is 1.17 bits per heavy atom. The summed E-state index contributed by atoms with van der Waals surface area (Å²) < 4.78 is 12.8. The summed E-state index contributed by atoms with van der Waals surface area (Å²) in [6.07, 6.45) is -0.00674. The number of anilines is 1. The summed E-state index contributed by atoms with van der Waals surface area (Å²) >= 11 is 5.82. The van der Waals surface area contributed by atoms with Gasteiger partial charge in [0.2, 0.25) is 5.91 Å². The minimum atomic E-state index is -0.421. The summed E-state index contributed by atoms with van der Waals surface area (Å²) in [6.45, 7) is 1.61. The number of benzene rings is 2. The Morgan fingerprint density at radius 2 is 1.88 bits per heavy atom. The van der Waals surface area contributed by atoms with Gasteiger partial charge in [0.1, 0.15) is 5.82 Å². The van der Waals surface area contributed by atoms with Crippen LogP contribution in [0.3, 0.4) is 0 Å². The van der Waals surface area contributed by atoms with Gasteiger partial charge in [-0.2, -0.15) is 5.10 Å². The number of carbonyl (C=O) groups excluding carboxylic acids is 2. The topological polar surface area (TPSA) is 70.6 Å². The van der Waals surface area contributed by atoms with Gasteiger partial charge in [-0.3, -0.25) is 9.59 Å². The molecule has 0 radical (unpaired) electrons. The van der Waals surface area contributed by atoms with E-state index in [0.717, 1.165) is 0 Å². The van der Waals surface area contributed by atoms with Crippen LogP contribution in [-0.4, -0.2) is 17.5 Å². The van der Waals surface area contributed by atoms with Crippen LogP contribution >= 0.6 is 11.6 Å². The van der Waals surface area contributed by atoms with Gasteiger partial charge in [0.25, 0.3) is 5.91 Å². The normalized spacial score (nSPS) is 11.0. The quantitative estimate of drug-likeness (QED) is 0.640. The molecule has 2 N–H and O–H groups in total. The Hall–Kier alpha value is -2.73. The molecule has 2 rings (SSSR count). The van der Waals surface area contributed by atoms with Gasteiger partial charge < -0.3 is 5.32 Å². The van der Waals surface area contributed by atoms with Crippen LogP contribution in [0, 0.1) is 5.82 Å². The maximum Gasteiger partial charge on any atom is 0.271 e. The maximum absolute atomic E-state index is 12.8. The van der Waals surface area contributed by atoms with Crippen molar-refractivity contribution in [3.63, 3.8) is 0 Å². The van der Waals surface area contributed by atoms with Crippen LogP contribution in [0.1, 0.15) is 23.7 Å². The molecule has 0 spiro atoms. The molecule has 24 heavy (non-hydrogen) atoms. The molecule has 0 aliphatic rings. The van der Waals surface area contributed by atoms with Crippen molar-refractivity contribution in [2.45, 2.75) is 13.3 Å². The van der Waals surface area contributed by atoms with Gasteiger partial charge in [-0.1, -0.05) is 17.7 Å². The average molecular weight is 348 g/mol. The summed E-state index contributed by atoms with van der Waals surface area (Å²) in [5.74, 6) is -1.12. The summed E-state index contributed by atoms with van der Waals surface area (Å²) in [5.41, 5.74) is 3.64. The van der Waals surface area contributed by atoms with Gasteiger partial charge in [0.05, 0.1) is 6.42 Å². The highest BCUT2D eigenvalue weighted by molar-refractivity contribution is 6.30. The fourth-order valence-electron chi connectivity index (χ4n) is 1.85. The first-order chi connectivity index (χ1) is 11.4. The lowest BCUT2D eigenvalue weighted by atomic mass is 10.2. The third-order valence-electron chi connectivity index (χ3n) is 2.98. The van der Waals surface area contributed by atoms with Crippen LogP contribution in [0.4, 0.5) is 10.1 Å². The van der Waals surface area contributed by atoms with Crippen molar-refractivity contribution in [3.05, 3.63) is 64.9 Å². The van der Waals surface area contributed by atoms with Crippen molar-refractivity contribution < 1.29 is 14.0 Å². The molecule has 0 bridgehead atoms. The van der Waals surface area contributed by atoms with E-state index in [0.29, 0.717) is 22.0 Å². The van der Waals surface area contributed by atoms with Crippen LogP contribution in [0.2, 0.25) is 5.02 Å². The second kappa shape index (κ2) is 8.21. The molecule has 5 nitrogen and oxygen atoms in total. The Balaban J connectivity index is 1.87. The predicted octanol–water partition coefficient (Wildman–Crippen LogP) is 3.61. The summed E-state index contributed by atoms with van der Waals surface area (Å²) in [7, 11) is 0. The number of halogens is 2. The van der Waals surface area contributed by atoms with Crippen molar-refractivity contribution >= 4 is 34.8 Å². The van der Waals surface area contributed by atoms with Crippen LogP contribution < -0.4 is 10.7 Å². The third kappa shape index (κ3) is 5.48. The fraction of sp³-hybridized carbons (Fsp3) is 0.118. The molecule has 0 fully saturated rings. The van der Waals surface area contributed by atoms with Crippen molar-refractivity contribution in [1.29, 1.82) is 0 Å². The molecule has 0 saturated heterocycles. The molecule has 0 aliphatic heterocycles. The predicted molar refractivity (Wildman–Crippen MR) is 91.7 cm³/mol. The second-order valence-corrected chi connectivity index (χ2v) is 5.47. The van der Waals surface area contributed by atoms with E-state index >= 15 is 0 Å². The standard InChI is InChI=1S/C17H15ClFN3O2/c1-11(9-16(23)20-15-7-5-14(19)6-8-15)21-22-17(24)12-3-2-4-13(18)10-12/h2-8,10H,9H2,1H3,(H,20,23)(H,22,24)/b21-11-. The average Bonchev–Trinajstić information content (AvgIpc) is 2.54. The number of hydrogen-bond acceptors (Lipinski definition) is 3.